The second kappa shape index (κ2) is 7.25. The highest BCUT2D eigenvalue weighted by Gasteiger charge is 2.27. The van der Waals surface area contributed by atoms with E-state index in [9.17, 15) is 4.79 Å². The van der Waals surface area contributed by atoms with Crippen LogP contribution in [-0.4, -0.2) is 38.5 Å². The maximum absolute atomic E-state index is 12.7. The standard InChI is InChI=1S/C19H18Cl2N4O/c20-15-7-6-13(10-16(15)21)11-18(26)24-8-3-4-14(12-24)19-23-22-17-5-1-2-9-25(17)19/h1-2,5-7,9-10,14H,3-4,8,11-12H2. The number of benzene rings is 1. The second-order valence-corrected chi connectivity index (χ2v) is 7.41. The first-order chi connectivity index (χ1) is 12.6. The summed E-state index contributed by atoms with van der Waals surface area (Å²) in [5.41, 5.74) is 1.71. The summed E-state index contributed by atoms with van der Waals surface area (Å²) in [4.78, 5) is 14.7. The molecular formula is C19H18Cl2N4O. The number of carbonyl (C=O) groups is 1. The number of piperidine rings is 1. The third kappa shape index (κ3) is 3.41. The SMILES string of the molecule is O=C(Cc1ccc(Cl)c(Cl)c1)N1CCCC(c2nnc3ccccn23)C1. The van der Waals surface area contributed by atoms with Crippen molar-refractivity contribution in [3.8, 4) is 0 Å². The molecule has 1 saturated heterocycles. The van der Waals surface area contributed by atoms with E-state index in [1.807, 2.05) is 39.8 Å². The van der Waals surface area contributed by atoms with Crippen LogP contribution in [0, 0.1) is 0 Å². The average molecular weight is 389 g/mol. The Hall–Kier alpha value is -2.11. The Labute approximate surface area is 161 Å². The van der Waals surface area contributed by atoms with Gasteiger partial charge in [-0.2, -0.15) is 0 Å². The zero-order valence-corrected chi connectivity index (χ0v) is 15.6. The molecule has 1 aliphatic rings. The molecule has 1 aliphatic heterocycles. The Morgan fingerprint density at radius 2 is 2.04 bits per heavy atom. The topological polar surface area (TPSA) is 50.5 Å². The van der Waals surface area contributed by atoms with E-state index in [2.05, 4.69) is 10.2 Å². The van der Waals surface area contributed by atoms with Crippen LogP contribution in [0.2, 0.25) is 10.0 Å². The molecular weight excluding hydrogens is 371 g/mol. The first-order valence-electron chi connectivity index (χ1n) is 8.63. The van der Waals surface area contributed by atoms with Crippen LogP contribution >= 0.6 is 23.2 Å². The lowest BCUT2D eigenvalue weighted by atomic mass is 9.96. The van der Waals surface area contributed by atoms with Crippen LogP contribution in [0.4, 0.5) is 0 Å². The van der Waals surface area contributed by atoms with Gasteiger partial charge >= 0.3 is 0 Å². The van der Waals surface area contributed by atoms with Crippen molar-refractivity contribution in [1.29, 1.82) is 0 Å². The fraction of sp³-hybridized carbons (Fsp3) is 0.316. The largest absolute Gasteiger partial charge is 0.342 e. The molecule has 1 fully saturated rings. The summed E-state index contributed by atoms with van der Waals surface area (Å²) in [5, 5.41) is 9.57. The van der Waals surface area contributed by atoms with E-state index in [1.54, 1.807) is 12.1 Å². The predicted octanol–water partition coefficient (Wildman–Crippen LogP) is 3.98. The predicted molar refractivity (Wildman–Crippen MR) is 102 cm³/mol. The molecule has 0 aliphatic carbocycles. The van der Waals surface area contributed by atoms with Gasteiger partial charge in [-0.05, 0) is 42.7 Å². The van der Waals surface area contributed by atoms with Gasteiger partial charge in [0.1, 0.15) is 5.82 Å². The molecule has 3 heterocycles. The lowest BCUT2D eigenvalue weighted by Crippen LogP contribution is -2.40. The van der Waals surface area contributed by atoms with Gasteiger partial charge < -0.3 is 4.90 Å². The van der Waals surface area contributed by atoms with Crippen molar-refractivity contribution in [2.75, 3.05) is 13.1 Å². The van der Waals surface area contributed by atoms with Crippen molar-refractivity contribution in [3.63, 3.8) is 0 Å². The zero-order chi connectivity index (χ0) is 18.1. The lowest BCUT2D eigenvalue weighted by molar-refractivity contribution is -0.131. The molecule has 7 heteroatoms. The highest BCUT2D eigenvalue weighted by atomic mass is 35.5. The summed E-state index contributed by atoms with van der Waals surface area (Å²) < 4.78 is 2.01. The van der Waals surface area contributed by atoms with Gasteiger partial charge in [-0.25, -0.2) is 0 Å². The summed E-state index contributed by atoms with van der Waals surface area (Å²) in [6.45, 7) is 1.43. The number of likely N-dealkylation sites (tertiary alicyclic amines) is 1. The molecule has 0 N–H and O–H groups in total. The lowest BCUT2D eigenvalue weighted by Gasteiger charge is -2.32. The van der Waals surface area contributed by atoms with Gasteiger partial charge in [0.05, 0.1) is 16.5 Å². The van der Waals surface area contributed by atoms with Gasteiger partial charge in [0.25, 0.3) is 0 Å². The van der Waals surface area contributed by atoms with Gasteiger partial charge in [0.15, 0.2) is 5.65 Å². The van der Waals surface area contributed by atoms with Gasteiger partial charge in [-0.1, -0.05) is 35.3 Å². The first kappa shape index (κ1) is 17.3. The van der Waals surface area contributed by atoms with Gasteiger partial charge in [0.2, 0.25) is 5.91 Å². The van der Waals surface area contributed by atoms with E-state index in [1.165, 1.54) is 0 Å². The van der Waals surface area contributed by atoms with Crippen LogP contribution in [0.3, 0.4) is 0 Å². The highest BCUT2D eigenvalue weighted by Crippen LogP contribution is 2.27. The molecule has 5 nitrogen and oxygen atoms in total. The van der Waals surface area contributed by atoms with Crippen LogP contribution < -0.4 is 0 Å². The number of amides is 1. The van der Waals surface area contributed by atoms with E-state index in [0.717, 1.165) is 36.4 Å². The van der Waals surface area contributed by atoms with E-state index in [4.69, 9.17) is 23.2 Å². The van der Waals surface area contributed by atoms with Crippen LogP contribution in [-0.2, 0) is 11.2 Å². The number of nitrogens with zero attached hydrogens (tertiary/aromatic N) is 4. The number of pyridine rings is 1. The average Bonchev–Trinajstić information content (AvgIpc) is 3.09. The molecule has 1 unspecified atom stereocenters. The summed E-state index contributed by atoms with van der Waals surface area (Å²) in [6, 6.07) is 11.2. The van der Waals surface area contributed by atoms with E-state index in [0.29, 0.717) is 23.0 Å². The van der Waals surface area contributed by atoms with Gasteiger partial charge in [-0.15, -0.1) is 10.2 Å². The Balaban J connectivity index is 1.49. The number of rotatable bonds is 3. The van der Waals surface area contributed by atoms with Crippen molar-refractivity contribution in [2.45, 2.75) is 25.2 Å². The highest BCUT2D eigenvalue weighted by molar-refractivity contribution is 6.42. The summed E-state index contributed by atoms with van der Waals surface area (Å²) >= 11 is 12.0. The molecule has 1 amide bonds. The molecule has 0 spiro atoms. The number of fused-ring (bicyclic) bond motifs is 1. The smallest absolute Gasteiger partial charge is 0.227 e. The minimum Gasteiger partial charge on any atom is -0.342 e. The molecule has 3 aromatic rings. The Bertz CT molecular complexity index is 956. The van der Waals surface area contributed by atoms with Crippen molar-refractivity contribution >= 4 is 34.8 Å². The Morgan fingerprint density at radius 1 is 1.15 bits per heavy atom. The van der Waals surface area contributed by atoms with Crippen LogP contribution in [0.5, 0.6) is 0 Å². The zero-order valence-electron chi connectivity index (χ0n) is 14.1. The molecule has 0 bridgehead atoms. The van der Waals surface area contributed by atoms with Crippen molar-refractivity contribution in [2.24, 2.45) is 0 Å². The maximum Gasteiger partial charge on any atom is 0.227 e. The molecule has 0 radical (unpaired) electrons. The summed E-state index contributed by atoms with van der Waals surface area (Å²) in [5.74, 6) is 1.22. The molecule has 4 rings (SSSR count). The monoisotopic (exact) mass is 388 g/mol. The van der Waals surface area contributed by atoms with E-state index in [-0.39, 0.29) is 11.8 Å². The molecule has 1 atom stereocenters. The first-order valence-corrected chi connectivity index (χ1v) is 9.39. The minimum absolute atomic E-state index is 0.0990. The third-order valence-electron chi connectivity index (χ3n) is 4.82. The van der Waals surface area contributed by atoms with E-state index >= 15 is 0 Å². The van der Waals surface area contributed by atoms with Crippen molar-refractivity contribution in [3.05, 3.63) is 64.0 Å². The summed E-state index contributed by atoms with van der Waals surface area (Å²) in [6.07, 6.45) is 4.26. The number of aromatic nitrogens is 3. The van der Waals surface area contributed by atoms with E-state index < -0.39 is 0 Å². The van der Waals surface area contributed by atoms with Gasteiger partial charge in [0, 0.05) is 25.2 Å². The third-order valence-corrected chi connectivity index (χ3v) is 5.56. The van der Waals surface area contributed by atoms with Gasteiger partial charge in [-0.3, -0.25) is 9.20 Å². The summed E-state index contributed by atoms with van der Waals surface area (Å²) in [7, 11) is 0. The Morgan fingerprint density at radius 3 is 2.88 bits per heavy atom. The second-order valence-electron chi connectivity index (χ2n) is 6.59. The number of hydrogen-bond acceptors (Lipinski definition) is 3. The molecule has 26 heavy (non-hydrogen) atoms. The Kier molecular flexibility index (Phi) is 4.83. The maximum atomic E-state index is 12.7. The number of halogens is 2. The van der Waals surface area contributed by atoms with Crippen LogP contribution in [0.1, 0.15) is 30.1 Å². The molecule has 134 valence electrons. The number of hydrogen-bond donors (Lipinski definition) is 0. The minimum atomic E-state index is 0.0990. The molecule has 0 saturated carbocycles. The molecule has 2 aromatic heterocycles. The normalized spacial score (nSPS) is 17.6. The fourth-order valence-corrected chi connectivity index (χ4v) is 3.81. The van der Waals surface area contributed by atoms with Crippen molar-refractivity contribution in [1.82, 2.24) is 19.5 Å². The molecule has 1 aromatic carbocycles. The fourth-order valence-electron chi connectivity index (χ4n) is 3.49. The van der Waals surface area contributed by atoms with Crippen LogP contribution in [0.25, 0.3) is 5.65 Å². The van der Waals surface area contributed by atoms with Crippen molar-refractivity contribution < 1.29 is 4.79 Å². The van der Waals surface area contributed by atoms with Crippen LogP contribution in [0.15, 0.2) is 42.6 Å². The quantitative estimate of drug-likeness (QED) is 0.681. The number of carbonyl (C=O) groups excluding carboxylic acids is 1.